The Morgan fingerprint density at radius 2 is 1.89 bits per heavy atom. The Kier molecular flexibility index (Phi) is 4.91. The predicted molar refractivity (Wildman–Crippen MR) is 74.5 cm³/mol. The standard InChI is InChI=1S/C15H15ClFNO/c16-13-8-12(6-7-14(13)17)15(10-19)18-9-11-4-2-1-3-5-11/h1-8,15,18-19H,9-10H2. The van der Waals surface area contributed by atoms with E-state index in [1.54, 1.807) is 6.07 Å². The molecule has 1 atom stereocenters. The Morgan fingerprint density at radius 1 is 1.16 bits per heavy atom. The molecule has 4 heteroatoms. The van der Waals surface area contributed by atoms with Gasteiger partial charge in [-0.1, -0.05) is 48.0 Å². The highest BCUT2D eigenvalue weighted by Gasteiger charge is 2.11. The molecule has 2 N–H and O–H groups in total. The second kappa shape index (κ2) is 6.66. The van der Waals surface area contributed by atoms with Crippen molar-refractivity contribution in [3.8, 4) is 0 Å². The lowest BCUT2D eigenvalue weighted by atomic mass is 10.1. The minimum absolute atomic E-state index is 0.0671. The quantitative estimate of drug-likeness (QED) is 0.880. The van der Waals surface area contributed by atoms with Crippen molar-refractivity contribution in [3.05, 3.63) is 70.5 Å². The minimum Gasteiger partial charge on any atom is -0.394 e. The summed E-state index contributed by atoms with van der Waals surface area (Å²) < 4.78 is 13.1. The van der Waals surface area contributed by atoms with E-state index >= 15 is 0 Å². The number of aliphatic hydroxyl groups excluding tert-OH is 1. The van der Waals surface area contributed by atoms with Crippen molar-refractivity contribution in [3.63, 3.8) is 0 Å². The van der Waals surface area contributed by atoms with Gasteiger partial charge in [0.05, 0.1) is 17.7 Å². The minimum atomic E-state index is -0.454. The van der Waals surface area contributed by atoms with Crippen LogP contribution in [-0.2, 0) is 6.54 Å². The van der Waals surface area contributed by atoms with Gasteiger partial charge in [0.1, 0.15) is 5.82 Å². The van der Waals surface area contributed by atoms with Crippen molar-refractivity contribution in [2.24, 2.45) is 0 Å². The molecule has 0 saturated heterocycles. The van der Waals surface area contributed by atoms with Crippen molar-refractivity contribution in [2.75, 3.05) is 6.61 Å². The van der Waals surface area contributed by atoms with Gasteiger partial charge in [0.25, 0.3) is 0 Å². The fourth-order valence-electron chi connectivity index (χ4n) is 1.85. The molecule has 0 aromatic heterocycles. The van der Waals surface area contributed by atoms with E-state index in [9.17, 15) is 9.50 Å². The number of benzene rings is 2. The third-order valence-corrected chi connectivity index (χ3v) is 3.21. The molecule has 2 nitrogen and oxygen atoms in total. The van der Waals surface area contributed by atoms with Gasteiger partial charge < -0.3 is 10.4 Å². The van der Waals surface area contributed by atoms with Crippen LogP contribution in [0.5, 0.6) is 0 Å². The second-order valence-corrected chi connectivity index (χ2v) is 4.68. The van der Waals surface area contributed by atoms with Crippen LogP contribution in [0.15, 0.2) is 48.5 Å². The maximum Gasteiger partial charge on any atom is 0.141 e. The smallest absolute Gasteiger partial charge is 0.141 e. The van der Waals surface area contributed by atoms with Crippen molar-refractivity contribution < 1.29 is 9.50 Å². The van der Waals surface area contributed by atoms with Crippen molar-refractivity contribution in [1.82, 2.24) is 5.32 Å². The molecule has 0 aliphatic rings. The van der Waals surface area contributed by atoms with E-state index in [1.165, 1.54) is 12.1 Å². The molecule has 0 heterocycles. The summed E-state index contributed by atoms with van der Waals surface area (Å²) in [5, 5.41) is 12.7. The summed E-state index contributed by atoms with van der Waals surface area (Å²) in [6, 6.07) is 14.1. The summed E-state index contributed by atoms with van der Waals surface area (Å²) in [6.45, 7) is 0.551. The van der Waals surface area contributed by atoms with Crippen LogP contribution in [0.25, 0.3) is 0 Å². The van der Waals surface area contributed by atoms with Crippen molar-refractivity contribution in [2.45, 2.75) is 12.6 Å². The zero-order valence-electron chi connectivity index (χ0n) is 10.3. The maximum atomic E-state index is 13.1. The Labute approximate surface area is 116 Å². The number of halogens is 2. The lowest BCUT2D eigenvalue weighted by molar-refractivity contribution is 0.243. The van der Waals surface area contributed by atoms with Crippen LogP contribution in [0.2, 0.25) is 5.02 Å². The Hall–Kier alpha value is -1.42. The molecule has 100 valence electrons. The first-order chi connectivity index (χ1) is 9.20. The van der Waals surface area contributed by atoms with E-state index in [0.29, 0.717) is 6.54 Å². The Balaban J connectivity index is 2.05. The first kappa shape index (κ1) is 14.0. The summed E-state index contributed by atoms with van der Waals surface area (Å²) in [6.07, 6.45) is 0. The first-order valence-corrected chi connectivity index (χ1v) is 6.41. The highest BCUT2D eigenvalue weighted by atomic mass is 35.5. The number of nitrogens with one attached hydrogen (secondary N) is 1. The van der Waals surface area contributed by atoms with Gasteiger partial charge in [-0.2, -0.15) is 0 Å². The van der Waals surface area contributed by atoms with Crippen molar-refractivity contribution >= 4 is 11.6 Å². The van der Waals surface area contributed by atoms with Crippen LogP contribution in [0.1, 0.15) is 17.2 Å². The number of rotatable bonds is 5. The third kappa shape index (κ3) is 3.77. The van der Waals surface area contributed by atoms with E-state index in [-0.39, 0.29) is 17.7 Å². The average Bonchev–Trinajstić information content (AvgIpc) is 2.44. The molecular formula is C15H15ClFNO. The normalized spacial score (nSPS) is 12.4. The number of aliphatic hydroxyl groups is 1. The number of hydrogen-bond donors (Lipinski definition) is 2. The lowest BCUT2D eigenvalue weighted by Crippen LogP contribution is -2.24. The summed E-state index contributed by atoms with van der Waals surface area (Å²) in [5.74, 6) is -0.454. The molecule has 0 fully saturated rings. The summed E-state index contributed by atoms with van der Waals surface area (Å²) in [4.78, 5) is 0. The van der Waals surface area contributed by atoms with Gasteiger partial charge in [0, 0.05) is 6.54 Å². The molecule has 2 rings (SSSR count). The molecule has 1 unspecified atom stereocenters. The molecule has 2 aromatic carbocycles. The van der Waals surface area contributed by atoms with Crippen LogP contribution in [0, 0.1) is 5.82 Å². The van der Waals surface area contributed by atoms with Crippen LogP contribution < -0.4 is 5.32 Å². The highest BCUT2D eigenvalue weighted by molar-refractivity contribution is 6.30. The predicted octanol–water partition coefficient (Wildman–Crippen LogP) is 3.30. The SMILES string of the molecule is OCC(NCc1ccccc1)c1ccc(F)c(Cl)c1. The van der Waals surface area contributed by atoms with Gasteiger partial charge in [0.15, 0.2) is 0 Å². The zero-order valence-corrected chi connectivity index (χ0v) is 11.1. The molecular weight excluding hydrogens is 265 g/mol. The fourth-order valence-corrected chi connectivity index (χ4v) is 2.04. The van der Waals surface area contributed by atoms with E-state index < -0.39 is 5.82 Å². The third-order valence-electron chi connectivity index (χ3n) is 2.92. The summed E-state index contributed by atoms with van der Waals surface area (Å²) in [7, 11) is 0. The van der Waals surface area contributed by atoms with E-state index in [2.05, 4.69) is 5.32 Å². The molecule has 0 radical (unpaired) electrons. The molecule has 0 spiro atoms. The summed E-state index contributed by atoms with van der Waals surface area (Å²) in [5.41, 5.74) is 1.89. The van der Waals surface area contributed by atoms with Crippen LogP contribution in [-0.4, -0.2) is 11.7 Å². The van der Waals surface area contributed by atoms with Crippen LogP contribution >= 0.6 is 11.6 Å². The number of hydrogen-bond acceptors (Lipinski definition) is 2. The monoisotopic (exact) mass is 279 g/mol. The maximum absolute atomic E-state index is 13.1. The van der Waals surface area contributed by atoms with Crippen molar-refractivity contribution in [1.29, 1.82) is 0 Å². The average molecular weight is 280 g/mol. The molecule has 0 saturated carbocycles. The lowest BCUT2D eigenvalue weighted by Gasteiger charge is -2.17. The molecule has 2 aromatic rings. The van der Waals surface area contributed by atoms with Gasteiger partial charge in [-0.3, -0.25) is 0 Å². The van der Waals surface area contributed by atoms with E-state index in [4.69, 9.17) is 11.6 Å². The van der Waals surface area contributed by atoms with Gasteiger partial charge in [-0.15, -0.1) is 0 Å². The molecule has 19 heavy (non-hydrogen) atoms. The fraction of sp³-hybridized carbons (Fsp3) is 0.200. The first-order valence-electron chi connectivity index (χ1n) is 6.04. The molecule has 0 aliphatic heterocycles. The zero-order chi connectivity index (χ0) is 13.7. The van der Waals surface area contributed by atoms with Crippen LogP contribution in [0.4, 0.5) is 4.39 Å². The molecule has 0 amide bonds. The topological polar surface area (TPSA) is 32.3 Å². The molecule has 0 bridgehead atoms. The van der Waals surface area contributed by atoms with Gasteiger partial charge in [-0.05, 0) is 23.3 Å². The van der Waals surface area contributed by atoms with E-state index in [0.717, 1.165) is 11.1 Å². The van der Waals surface area contributed by atoms with Crippen LogP contribution in [0.3, 0.4) is 0 Å². The molecule has 0 aliphatic carbocycles. The highest BCUT2D eigenvalue weighted by Crippen LogP contribution is 2.21. The Morgan fingerprint density at radius 3 is 2.53 bits per heavy atom. The van der Waals surface area contributed by atoms with Gasteiger partial charge >= 0.3 is 0 Å². The second-order valence-electron chi connectivity index (χ2n) is 4.28. The van der Waals surface area contributed by atoms with E-state index in [1.807, 2.05) is 30.3 Å². The van der Waals surface area contributed by atoms with Gasteiger partial charge in [-0.25, -0.2) is 4.39 Å². The van der Waals surface area contributed by atoms with Gasteiger partial charge in [0.2, 0.25) is 0 Å². The summed E-state index contributed by atoms with van der Waals surface area (Å²) >= 11 is 5.75. The Bertz CT molecular complexity index is 533. The largest absolute Gasteiger partial charge is 0.394 e.